The van der Waals surface area contributed by atoms with Crippen LogP contribution in [-0.4, -0.2) is 41.0 Å². The molecule has 1 aliphatic rings. The summed E-state index contributed by atoms with van der Waals surface area (Å²) in [5.41, 5.74) is 0.464. The standard InChI is InChI=1S/C14H17ClN2O3/c1-9(18)16-11-4-6-17(7-5-11)14(20)10-2-3-13(19)12(15)8-10/h2-3,8,11,19H,4-7H2,1H3,(H,16,18). The molecule has 0 aliphatic carbocycles. The van der Waals surface area contributed by atoms with E-state index in [0.717, 1.165) is 12.8 Å². The number of carbonyl (C=O) groups excluding carboxylic acids is 2. The van der Waals surface area contributed by atoms with E-state index in [1.807, 2.05) is 0 Å². The van der Waals surface area contributed by atoms with E-state index in [4.69, 9.17) is 11.6 Å². The first-order valence-corrected chi connectivity index (χ1v) is 6.90. The molecule has 0 saturated carbocycles. The van der Waals surface area contributed by atoms with Crippen LogP contribution in [0.2, 0.25) is 5.02 Å². The topological polar surface area (TPSA) is 69.6 Å². The molecule has 108 valence electrons. The minimum absolute atomic E-state index is 0.0346. The van der Waals surface area contributed by atoms with Gasteiger partial charge in [0.2, 0.25) is 5.91 Å². The number of piperidine rings is 1. The van der Waals surface area contributed by atoms with Crippen molar-refractivity contribution >= 4 is 23.4 Å². The number of rotatable bonds is 2. The van der Waals surface area contributed by atoms with Crippen molar-refractivity contribution in [3.63, 3.8) is 0 Å². The van der Waals surface area contributed by atoms with Gasteiger partial charge in [-0.3, -0.25) is 9.59 Å². The van der Waals surface area contributed by atoms with Gasteiger partial charge in [0.25, 0.3) is 5.91 Å². The van der Waals surface area contributed by atoms with Crippen molar-refractivity contribution in [3.8, 4) is 5.75 Å². The first-order chi connectivity index (χ1) is 9.47. The zero-order valence-corrected chi connectivity index (χ0v) is 12.0. The quantitative estimate of drug-likeness (QED) is 0.874. The molecule has 1 aromatic rings. The summed E-state index contributed by atoms with van der Waals surface area (Å²) in [5, 5.41) is 12.4. The van der Waals surface area contributed by atoms with Crippen LogP contribution in [0.25, 0.3) is 0 Å². The smallest absolute Gasteiger partial charge is 0.253 e. The summed E-state index contributed by atoms with van der Waals surface area (Å²) in [6, 6.07) is 4.59. The lowest BCUT2D eigenvalue weighted by atomic mass is 10.0. The summed E-state index contributed by atoms with van der Waals surface area (Å²) in [4.78, 5) is 25.0. The first kappa shape index (κ1) is 14.7. The lowest BCUT2D eigenvalue weighted by molar-refractivity contribution is -0.119. The number of halogens is 1. The lowest BCUT2D eigenvalue weighted by Crippen LogP contribution is -2.46. The van der Waals surface area contributed by atoms with Gasteiger partial charge >= 0.3 is 0 Å². The highest BCUT2D eigenvalue weighted by Crippen LogP contribution is 2.25. The molecule has 0 unspecified atom stereocenters. The maximum atomic E-state index is 12.3. The van der Waals surface area contributed by atoms with Gasteiger partial charge in [-0.15, -0.1) is 0 Å². The number of hydrogen-bond acceptors (Lipinski definition) is 3. The molecular weight excluding hydrogens is 280 g/mol. The highest BCUT2D eigenvalue weighted by molar-refractivity contribution is 6.32. The number of phenolic OH excluding ortho intramolecular Hbond substituents is 1. The number of nitrogens with zero attached hydrogens (tertiary/aromatic N) is 1. The molecule has 6 heteroatoms. The van der Waals surface area contributed by atoms with Gasteiger partial charge in [-0.1, -0.05) is 11.6 Å². The predicted molar refractivity (Wildman–Crippen MR) is 75.9 cm³/mol. The van der Waals surface area contributed by atoms with Crippen LogP contribution in [0.3, 0.4) is 0 Å². The normalized spacial score (nSPS) is 16.0. The molecule has 2 rings (SSSR count). The molecule has 1 aliphatic heterocycles. The Morgan fingerprint density at radius 1 is 1.35 bits per heavy atom. The molecule has 0 atom stereocenters. The summed E-state index contributed by atoms with van der Waals surface area (Å²) < 4.78 is 0. The van der Waals surface area contributed by atoms with Gasteiger partial charge in [-0.05, 0) is 31.0 Å². The Balaban J connectivity index is 1.97. The van der Waals surface area contributed by atoms with Crippen molar-refractivity contribution < 1.29 is 14.7 Å². The van der Waals surface area contributed by atoms with E-state index in [1.165, 1.54) is 19.1 Å². The molecule has 2 N–H and O–H groups in total. The Bertz CT molecular complexity index is 525. The predicted octanol–water partition coefficient (Wildman–Crippen LogP) is 1.79. The Kier molecular flexibility index (Phi) is 4.49. The van der Waals surface area contributed by atoms with E-state index >= 15 is 0 Å². The van der Waals surface area contributed by atoms with Crippen LogP contribution in [-0.2, 0) is 4.79 Å². The summed E-state index contributed by atoms with van der Waals surface area (Å²) in [6.07, 6.45) is 1.49. The fourth-order valence-electron chi connectivity index (χ4n) is 2.34. The third-order valence-corrected chi connectivity index (χ3v) is 3.69. The molecular formula is C14H17ClN2O3. The average Bonchev–Trinajstić information content (AvgIpc) is 2.41. The number of aromatic hydroxyl groups is 1. The van der Waals surface area contributed by atoms with Crippen LogP contribution in [0.15, 0.2) is 18.2 Å². The second-order valence-electron chi connectivity index (χ2n) is 4.93. The van der Waals surface area contributed by atoms with Crippen LogP contribution >= 0.6 is 11.6 Å². The molecule has 0 spiro atoms. The van der Waals surface area contributed by atoms with Gasteiger partial charge in [0.1, 0.15) is 5.75 Å². The van der Waals surface area contributed by atoms with Crippen LogP contribution < -0.4 is 5.32 Å². The molecule has 1 saturated heterocycles. The average molecular weight is 297 g/mol. The fourth-order valence-corrected chi connectivity index (χ4v) is 2.52. The van der Waals surface area contributed by atoms with Gasteiger partial charge in [-0.2, -0.15) is 0 Å². The molecule has 1 aromatic carbocycles. The van der Waals surface area contributed by atoms with Crippen molar-refractivity contribution in [1.29, 1.82) is 0 Å². The molecule has 1 heterocycles. The zero-order chi connectivity index (χ0) is 14.7. The largest absolute Gasteiger partial charge is 0.506 e. The minimum Gasteiger partial charge on any atom is -0.506 e. The second-order valence-corrected chi connectivity index (χ2v) is 5.34. The van der Waals surface area contributed by atoms with Crippen LogP contribution in [0.1, 0.15) is 30.1 Å². The highest BCUT2D eigenvalue weighted by atomic mass is 35.5. The number of likely N-dealkylation sites (tertiary alicyclic amines) is 1. The van der Waals surface area contributed by atoms with Gasteiger partial charge in [0, 0.05) is 31.6 Å². The number of carbonyl (C=O) groups is 2. The molecule has 0 radical (unpaired) electrons. The third-order valence-electron chi connectivity index (χ3n) is 3.38. The lowest BCUT2D eigenvalue weighted by Gasteiger charge is -2.32. The monoisotopic (exact) mass is 296 g/mol. The van der Waals surface area contributed by atoms with E-state index in [2.05, 4.69) is 5.32 Å². The number of hydrogen-bond donors (Lipinski definition) is 2. The van der Waals surface area contributed by atoms with Gasteiger partial charge < -0.3 is 15.3 Å². The number of benzene rings is 1. The summed E-state index contributed by atoms with van der Waals surface area (Å²) in [5.74, 6) is -0.180. The van der Waals surface area contributed by atoms with E-state index in [0.29, 0.717) is 18.7 Å². The summed E-state index contributed by atoms with van der Waals surface area (Å²) in [6.45, 7) is 2.69. The van der Waals surface area contributed by atoms with Crippen LogP contribution in [0.4, 0.5) is 0 Å². The number of nitrogens with one attached hydrogen (secondary N) is 1. The molecule has 5 nitrogen and oxygen atoms in total. The molecule has 20 heavy (non-hydrogen) atoms. The van der Waals surface area contributed by atoms with Crippen molar-refractivity contribution in [1.82, 2.24) is 10.2 Å². The number of amides is 2. The Hall–Kier alpha value is -1.75. The van der Waals surface area contributed by atoms with Crippen molar-refractivity contribution in [2.45, 2.75) is 25.8 Å². The minimum atomic E-state index is -0.104. The van der Waals surface area contributed by atoms with Crippen molar-refractivity contribution in [2.24, 2.45) is 0 Å². The molecule has 1 fully saturated rings. The maximum absolute atomic E-state index is 12.3. The van der Waals surface area contributed by atoms with E-state index in [1.54, 1.807) is 11.0 Å². The second kappa shape index (κ2) is 6.13. The van der Waals surface area contributed by atoms with Crippen molar-refractivity contribution in [2.75, 3.05) is 13.1 Å². The molecule has 2 amide bonds. The highest BCUT2D eigenvalue weighted by Gasteiger charge is 2.24. The zero-order valence-electron chi connectivity index (χ0n) is 11.2. The van der Waals surface area contributed by atoms with E-state index in [-0.39, 0.29) is 28.6 Å². The van der Waals surface area contributed by atoms with E-state index < -0.39 is 0 Å². The van der Waals surface area contributed by atoms with Crippen LogP contribution in [0, 0.1) is 0 Å². The van der Waals surface area contributed by atoms with E-state index in [9.17, 15) is 14.7 Å². The fraction of sp³-hybridized carbons (Fsp3) is 0.429. The first-order valence-electron chi connectivity index (χ1n) is 6.52. The van der Waals surface area contributed by atoms with Crippen molar-refractivity contribution in [3.05, 3.63) is 28.8 Å². The van der Waals surface area contributed by atoms with Gasteiger partial charge in [0.05, 0.1) is 5.02 Å². The number of phenols is 1. The third kappa shape index (κ3) is 3.42. The summed E-state index contributed by atoms with van der Waals surface area (Å²) >= 11 is 5.81. The van der Waals surface area contributed by atoms with Gasteiger partial charge in [0.15, 0.2) is 0 Å². The molecule has 0 bridgehead atoms. The SMILES string of the molecule is CC(=O)NC1CCN(C(=O)c2ccc(O)c(Cl)c2)CC1. The Morgan fingerprint density at radius 3 is 2.55 bits per heavy atom. The summed E-state index contributed by atoms with van der Waals surface area (Å²) in [7, 11) is 0. The maximum Gasteiger partial charge on any atom is 0.253 e. The van der Waals surface area contributed by atoms with Gasteiger partial charge in [-0.25, -0.2) is 0 Å². The molecule has 0 aromatic heterocycles. The van der Waals surface area contributed by atoms with Crippen LogP contribution in [0.5, 0.6) is 5.75 Å². The Morgan fingerprint density at radius 2 is 2.00 bits per heavy atom. The Labute approximate surface area is 122 Å².